The van der Waals surface area contributed by atoms with E-state index in [1.165, 1.54) is 0 Å². The Hall–Kier alpha value is -2.62. The van der Waals surface area contributed by atoms with E-state index in [0.29, 0.717) is 12.3 Å². The van der Waals surface area contributed by atoms with Gasteiger partial charge in [-0.2, -0.15) is 0 Å². The van der Waals surface area contributed by atoms with Crippen LogP contribution in [0, 0.1) is 6.92 Å². The van der Waals surface area contributed by atoms with Gasteiger partial charge in [0, 0.05) is 17.7 Å². The number of nitrogens with zero attached hydrogens (tertiary/aromatic N) is 1. The van der Waals surface area contributed by atoms with Crippen molar-refractivity contribution >= 4 is 22.7 Å². The summed E-state index contributed by atoms with van der Waals surface area (Å²) >= 11 is 0. The standard InChI is InChI=1S/C18H18N2O2/c1-3-5-17(21)19-14-7-4-6-13(11-14)18-20-15-9-8-12(2)10-16(15)22-18/h4,6-11H,3,5H2,1-2H3,(H,19,21). The fourth-order valence-electron chi connectivity index (χ4n) is 2.34. The average Bonchev–Trinajstić information content (AvgIpc) is 2.90. The number of amides is 1. The summed E-state index contributed by atoms with van der Waals surface area (Å²) in [6.07, 6.45) is 1.35. The van der Waals surface area contributed by atoms with E-state index < -0.39 is 0 Å². The van der Waals surface area contributed by atoms with Crippen LogP contribution in [0.15, 0.2) is 46.9 Å². The molecule has 4 nitrogen and oxygen atoms in total. The molecule has 0 aliphatic rings. The lowest BCUT2D eigenvalue weighted by atomic mass is 10.2. The number of hydrogen-bond donors (Lipinski definition) is 1. The largest absolute Gasteiger partial charge is 0.436 e. The molecular weight excluding hydrogens is 276 g/mol. The SMILES string of the molecule is CCCC(=O)Nc1cccc(-c2nc3ccc(C)cc3o2)c1. The Balaban J connectivity index is 1.91. The Bertz CT molecular complexity index is 821. The zero-order valence-corrected chi connectivity index (χ0v) is 12.7. The Kier molecular flexibility index (Phi) is 3.92. The van der Waals surface area contributed by atoms with Crippen LogP contribution in [-0.4, -0.2) is 10.9 Å². The first kappa shape index (κ1) is 14.3. The highest BCUT2D eigenvalue weighted by atomic mass is 16.3. The van der Waals surface area contributed by atoms with Crippen LogP contribution in [0.2, 0.25) is 0 Å². The van der Waals surface area contributed by atoms with E-state index in [1.807, 2.05) is 56.3 Å². The number of carbonyl (C=O) groups excluding carboxylic acids is 1. The van der Waals surface area contributed by atoms with Gasteiger partial charge in [0.05, 0.1) is 0 Å². The number of anilines is 1. The molecule has 0 aliphatic carbocycles. The van der Waals surface area contributed by atoms with Gasteiger partial charge in [-0.15, -0.1) is 0 Å². The smallest absolute Gasteiger partial charge is 0.227 e. The molecule has 3 aromatic rings. The van der Waals surface area contributed by atoms with Crippen molar-refractivity contribution in [3.05, 3.63) is 48.0 Å². The summed E-state index contributed by atoms with van der Waals surface area (Å²) in [5.41, 5.74) is 4.35. The van der Waals surface area contributed by atoms with E-state index in [1.54, 1.807) is 0 Å². The molecule has 2 aromatic carbocycles. The van der Waals surface area contributed by atoms with Crippen molar-refractivity contribution < 1.29 is 9.21 Å². The van der Waals surface area contributed by atoms with Crippen molar-refractivity contribution in [2.24, 2.45) is 0 Å². The van der Waals surface area contributed by atoms with Gasteiger partial charge in [-0.05, 0) is 49.2 Å². The molecule has 1 N–H and O–H groups in total. The molecule has 3 rings (SSSR count). The molecule has 0 bridgehead atoms. The van der Waals surface area contributed by atoms with Crippen LogP contribution in [-0.2, 0) is 4.79 Å². The second-order valence-corrected chi connectivity index (χ2v) is 5.37. The molecule has 0 atom stereocenters. The summed E-state index contributed by atoms with van der Waals surface area (Å²) in [6.45, 7) is 4.00. The van der Waals surface area contributed by atoms with Gasteiger partial charge in [-0.25, -0.2) is 4.98 Å². The minimum Gasteiger partial charge on any atom is -0.436 e. The normalized spacial score (nSPS) is 10.8. The quantitative estimate of drug-likeness (QED) is 0.768. The van der Waals surface area contributed by atoms with E-state index in [4.69, 9.17) is 4.42 Å². The topological polar surface area (TPSA) is 55.1 Å². The van der Waals surface area contributed by atoms with E-state index in [9.17, 15) is 4.79 Å². The van der Waals surface area contributed by atoms with Gasteiger partial charge in [0.2, 0.25) is 11.8 Å². The van der Waals surface area contributed by atoms with Gasteiger partial charge in [-0.1, -0.05) is 19.1 Å². The van der Waals surface area contributed by atoms with Crippen LogP contribution in [0.5, 0.6) is 0 Å². The molecule has 22 heavy (non-hydrogen) atoms. The Labute approximate surface area is 129 Å². The predicted molar refractivity (Wildman–Crippen MR) is 87.7 cm³/mol. The van der Waals surface area contributed by atoms with Gasteiger partial charge in [0.15, 0.2) is 5.58 Å². The molecule has 0 saturated heterocycles. The Morgan fingerprint density at radius 3 is 2.91 bits per heavy atom. The summed E-state index contributed by atoms with van der Waals surface area (Å²) in [6, 6.07) is 13.5. The van der Waals surface area contributed by atoms with Crippen molar-refractivity contribution in [3.63, 3.8) is 0 Å². The van der Waals surface area contributed by atoms with Gasteiger partial charge in [-0.3, -0.25) is 4.79 Å². The number of aromatic nitrogens is 1. The van der Waals surface area contributed by atoms with Crippen molar-refractivity contribution in [1.29, 1.82) is 0 Å². The molecule has 0 saturated carbocycles. The van der Waals surface area contributed by atoms with Crippen LogP contribution in [0.1, 0.15) is 25.3 Å². The molecule has 0 radical (unpaired) electrons. The third kappa shape index (κ3) is 3.01. The summed E-state index contributed by atoms with van der Waals surface area (Å²) < 4.78 is 5.82. The van der Waals surface area contributed by atoms with E-state index in [-0.39, 0.29) is 5.91 Å². The van der Waals surface area contributed by atoms with Gasteiger partial charge < -0.3 is 9.73 Å². The molecular formula is C18H18N2O2. The number of oxazole rings is 1. The number of fused-ring (bicyclic) bond motifs is 1. The number of benzene rings is 2. The summed E-state index contributed by atoms with van der Waals surface area (Å²) in [5.74, 6) is 0.583. The predicted octanol–water partition coefficient (Wildman–Crippen LogP) is 4.54. The average molecular weight is 294 g/mol. The lowest BCUT2D eigenvalue weighted by Gasteiger charge is -2.05. The van der Waals surface area contributed by atoms with Crippen molar-refractivity contribution in [1.82, 2.24) is 4.98 Å². The number of nitrogens with one attached hydrogen (secondary N) is 1. The second-order valence-electron chi connectivity index (χ2n) is 5.37. The molecule has 0 unspecified atom stereocenters. The fraction of sp³-hybridized carbons (Fsp3) is 0.222. The van der Waals surface area contributed by atoms with Gasteiger partial charge >= 0.3 is 0 Å². The number of hydrogen-bond acceptors (Lipinski definition) is 3. The zero-order valence-electron chi connectivity index (χ0n) is 12.7. The highest BCUT2D eigenvalue weighted by Crippen LogP contribution is 2.26. The molecule has 112 valence electrons. The van der Waals surface area contributed by atoms with Crippen LogP contribution >= 0.6 is 0 Å². The van der Waals surface area contributed by atoms with E-state index in [2.05, 4.69) is 10.3 Å². The molecule has 4 heteroatoms. The number of carbonyl (C=O) groups is 1. The highest BCUT2D eigenvalue weighted by Gasteiger charge is 2.09. The number of rotatable bonds is 4. The Morgan fingerprint density at radius 1 is 1.23 bits per heavy atom. The minimum absolute atomic E-state index is 0.0211. The van der Waals surface area contributed by atoms with Crippen LogP contribution in [0.3, 0.4) is 0 Å². The third-order valence-corrected chi connectivity index (χ3v) is 3.41. The summed E-state index contributed by atoms with van der Waals surface area (Å²) in [7, 11) is 0. The molecule has 0 fully saturated rings. The van der Waals surface area contributed by atoms with Crippen molar-refractivity contribution in [2.45, 2.75) is 26.7 Å². The first-order valence-corrected chi connectivity index (χ1v) is 7.43. The lowest BCUT2D eigenvalue weighted by molar-refractivity contribution is -0.116. The van der Waals surface area contributed by atoms with Crippen LogP contribution in [0.4, 0.5) is 5.69 Å². The van der Waals surface area contributed by atoms with Crippen LogP contribution < -0.4 is 5.32 Å². The Morgan fingerprint density at radius 2 is 2.09 bits per heavy atom. The highest BCUT2D eigenvalue weighted by molar-refractivity contribution is 5.91. The zero-order chi connectivity index (χ0) is 15.5. The van der Waals surface area contributed by atoms with Crippen molar-refractivity contribution in [2.75, 3.05) is 5.32 Å². The maximum atomic E-state index is 11.7. The first-order valence-electron chi connectivity index (χ1n) is 7.43. The molecule has 1 heterocycles. The summed E-state index contributed by atoms with van der Waals surface area (Å²) in [5, 5.41) is 2.89. The maximum Gasteiger partial charge on any atom is 0.227 e. The van der Waals surface area contributed by atoms with E-state index in [0.717, 1.165) is 34.3 Å². The van der Waals surface area contributed by atoms with E-state index >= 15 is 0 Å². The third-order valence-electron chi connectivity index (χ3n) is 3.41. The molecule has 1 amide bonds. The van der Waals surface area contributed by atoms with Gasteiger partial charge in [0.25, 0.3) is 0 Å². The molecule has 1 aromatic heterocycles. The molecule has 0 spiro atoms. The van der Waals surface area contributed by atoms with Crippen LogP contribution in [0.25, 0.3) is 22.6 Å². The van der Waals surface area contributed by atoms with Crippen molar-refractivity contribution in [3.8, 4) is 11.5 Å². The lowest BCUT2D eigenvalue weighted by Crippen LogP contribution is -2.10. The minimum atomic E-state index is 0.0211. The second kappa shape index (κ2) is 6.02. The van der Waals surface area contributed by atoms with Gasteiger partial charge in [0.1, 0.15) is 5.52 Å². The molecule has 0 aliphatic heterocycles. The first-order chi connectivity index (χ1) is 10.7. The fourth-order valence-corrected chi connectivity index (χ4v) is 2.34. The number of aryl methyl sites for hydroxylation is 1. The monoisotopic (exact) mass is 294 g/mol. The summed E-state index contributed by atoms with van der Waals surface area (Å²) in [4.78, 5) is 16.2. The maximum absolute atomic E-state index is 11.7.